The molecular weight excluding hydrogens is 253 g/mol. The van der Waals surface area contributed by atoms with Crippen molar-refractivity contribution in [3.8, 4) is 0 Å². The van der Waals surface area contributed by atoms with Gasteiger partial charge in [0.2, 0.25) is 5.91 Å². The van der Waals surface area contributed by atoms with Crippen molar-refractivity contribution < 1.29 is 18.0 Å². The number of halogens is 3. The molecule has 2 heterocycles. The Morgan fingerprint density at radius 3 is 2.76 bits per heavy atom. The second-order valence-electron chi connectivity index (χ2n) is 3.87. The number of hydrogen-bond acceptors (Lipinski definition) is 3. The molecule has 1 amide bonds. The first kappa shape index (κ1) is 12.4. The van der Waals surface area contributed by atoms with E-state index in [-0.39, 0.29) is 6.54 Å². The number of nitrogens with zero attached hydrogens (tertiary/aromatic N) is 1. The molecule has 0 bridgehead atoms. The van der Waals surface area contributed by atoms with Gasteiger partial charge in [-0.05, 0) is 19.1 Å². The first-order valence-electron chi connectivity index (χ1n) is 5.03. The summed E-state index contributed by atoms with van der Waals surface area (Å²) >= 11 is 1.39. The topological polar surface area (TPSA) is 32.3 Å². The van der Waals surface area contributed by atoms with Crippen LogP contribution in [0, 0.1) is 6.92 Å². The van der Waals surface area contributed by atoms with Gasteiger partial charge >= 0.3 is 6.18 Å². The molecule has 94 valence electrons. The zero-order valence-electron chi connectivity index (χ0n) is 9.04. The quantitative estimate of drug-likeness (QED) is 0.886. The van der Waals surface area contributed by atoms with Crippen LogP contribution in [0.4, 0.5) is 13.2 Å². The third kappa shape index (κ3) is 2.78. The highest BCUT2D eigenvalue weighted by atomic mass is 32.1. The monoisotopic (exact) mass is 264 g/mol. The first-order chi connectivity index (χ1) is 7.87. The summed E-state index contributed by atoms with van der Waals surface area (Å²) in [7, 11) is 0. The Morgan fingerprint density at radius 1 is 1.53 bits per heavy atom. The lowest BCUT2D eigenvalue weighted by Gasteiger charge is -2.24. The molecule has 17 heavy (non-hydrogen) atoms. The summed E-state index contributed by atoms with van der Waals surface area (Å²) in [6, 6.07) is 3.58. The number of alkyl halides is 3. The Kier molecular flexibility index (Phi) is 3.13. The Bertz CT molecular complexity index is 429. The van der Waals surface area contributed by atoms with Crippen molar-refractivity contribution in [2.45, 2.75) is 19.3 Å². The summed E-state index contributed by atoms with van der Waals surface area (Å²) in [5.41, 5.74) is 0. The summed E-state index contributed by atoms with van der Waals surface area (Å²) < 4.78 is 37.1. The molecule has 1 atom stereocenters. The molecule has 1 aliphatic heterocycles. The van der Waals surface area contributed by atoms with Crippen molar-refractivity contribution in [1.29, 1.82) is 0 Å². The average molecular weight is 264 g/mol. The molecular formula is C10H11F3N2OS. The fourth-order valence-electron chi connectivity index (χ4n) is 1.77. The molecule has 7 heteroatoms. The van der Waals surface area contributed by atoms with Crippen molar-refractivity contribution in [3.05, 3.63) is 21.9 Å². The standard InChI is InChI=1S/C10H11F3N2OS/c1-6-2-3-7(17-6)9-14-4-8(16)15(9)5-10(11,12)13/h2-3,9,14H,4-5H2,1H3. The number of hydrogen-bond donors (Lipinski definition) is 1. The van der Waals surface area contributed by atoms with Gasteiger partial charge in [-0.15, -0.1) is 11.3 Å². The third-order valence-corrected chi connectivity index (χ3v) is 3.51. The Morgan fingerprint density at radius 2 is 2.24 bits per heavy atom. The van der Waals surface area contributed by atoms with E-state index in [2.05, 4.69) is 5.32 Å². The van der Waals surface area contributed by atoms with Crippen LogP contribution in [0.25, 0.3) is 0 Å². The highest BCUT2D eigenvalue weighted by Gasteiger charge is 2.40. The van der Waals surface area contributed by atoms with E-state index in [0.717, 1.165) is 14.7 Å². The molecule has 1 aromatic heterocycles. The molecule has 1 aromatic rings. The largest absolute Gasteiger partial charge is 0.406 e. The van der Waals surface area contributed by atoms with Crippen molar-refractivity contribution in [2.24, 2.45) is 0 Å². The van der Waals surface area contributed by atoms with Crippen molar-refractivity contribution in [3.63, 3.8) is 0 Å². The number of nitrogens with one attached hydrogen (secondary N) is 1. The van der Waals surface area contributed by atoms with Crippen LogP contribution in [0.2, 0.25) is 0 Å². The van der Waals surface area contributed by atoms with Crippen molar-refractivity contribution in [2.75, 3.05) is 13.1 Å². The van der Waals surface area contributed by atoms with Gasteiger partial charge in [-0.25, -0.2) is 0 Å². The molecule has 1 unspecified atom stereocenters. The van der Waals surface area contributed by atoms with Crippen LogP contribution >= 0.6 is 11.3 Å². The molecule has 0 saturated carbocycles. The molecule has 0 aliphatic carbocycles. The molecule has 2 rings (SSSR count). The van der Waals surface area contributed by atoms with Crippen molar-refractivity contribution >= 4 is 17.2 Å². The third-order valence-electron chi connectivity index (χ3n) is 2.46. The molecule has 0 spiro atoms. The van der Waals surface area contributed by atoms with Crippen molar-refractivity contribution in [1.82, 2.24) is 10.2 Å². The molecule has 0 radical (unpaired) electrons. The maximum atomic E-state index is 12.4. The van der Waals surface area contributed by atoms with Gasteiger partial charge in [0.1, 0.15) is 12.7 Å². The van der Waals surface area contributed by atoms with E-state index in [1.807, 2.05) is 13.0 Å². The number of amides is 1. The lowest BCUT2D eigenvalue weighted by molar-refractivity contribution is -0.161. The maximum Gasteiger partial charge on any atom is 0.406 e. The summed E-state index contributed by atoms with van der Waals surface area (Å²) in [5, 5.41) is 2.80. The number of carbonyl (C=O) groups is 1. The van der Waals surface area contributed by atoms with Crippen LogP contribution in [0.15, 0.2) is 12.1 Å². The maximum absolute atomic E-state index is 12.4. The summed E-state index contributed by atoms with van der Waals surface area (Å²) in [4.78, 5) is 14.0. The van der Waals surface area contributed by atoms with E-state index >= 15 is 0 Å². The zero-order chi connectivity index (χ0) is 12.6. The van der Waals surface area contributed by atoms with Gasteiger partial charge in [0.05, 0.1) is 6.54 Å². The lowest BCUT2D eigenvalue weighted by atomic mass is 10.3. The first-order valence-corrected chi connectivity index (χ1v) is 5.84. The summed E-state index contributed by atoms with van der Waals surface area (Å²) in [6.07, 6.45) is -5.02. The van der Waals surface area contributed by atoms with Gasteiger partial charge in [0.15, 0.2) is 0 Å². The minimum atomic E-state index is -4.37. The highest BCUT2D eigenvalue weighted by Crippen LogP contribution is 2.30. The molecule has 1 N–H and O–H groups in total. The average Bonchev–Trinajstić information content (AvgIpc) is 2.73. The SMILES string of the molecule is Cc1ccc(C2NCC(=O)N2CC(F)(F)F)s1. The van der Waals surface area contributed by atoms with E-state index in [9.17, 15) is 18.0 Å². The Hall–Kier alpha value is -1.08. The van der Waals surface area contributed by atoms with E-state index < -0.39 is 24.8 Å². The highest BCUT2D eigenvalue weighted by molar-refractivity contribution is 7.12. The van der Waals surface area contributed by atoms with Crippen LogP contribution in [-0.4, -0.2) is 30.1 Å². The smallest absolute Gasteiger partial charge is 0.312 e. The fraction of sp³-hybridized carbons (Fsp3) is 0.500. The Labute approximate surface area is 100 Å². The number of thiophene rings is 1. The normalized spacial score (nSPS) is 21.3. The predicted molar refractivity (Wildman–Crippen MR) is 57.6 cm³/mol. The molecule has 0 aromatic carbocycles. The molecule has 1 saturated heterocycles. The van der Waals surface area contributed by atoms with Crippen LogP contribution < -0.4 is 5.32 Å². The van der Waals surface area contributed by atoms with Crippen LogP contribution in [0.5, 0.6) is 0 Å². The number of rotatable bonds is 2. The minimum Gasteiger partial charge on any atom is -0.312 e. The predicted octanol–water partition coefficient (Wildman–Crippen LogP) is 2.05. The number of aryl methyl sites for hydroxylation is 1. The van der Waals surface area contributed by atoms with E-state index in [4.69, 9.17) is 0 Å². The second kappa shape index (κ2) is 4.30. The molecule has 3 nitrogen and oxygen atoms in total. The van der Waals surface area contributed by atoms with E-state index in [1.54, 1.807) is 6.07 Å². The van der Waals surface area contributed by atoms with Gasteiger partial charge in [0, 0.05) is 9.75 Å². The van der Waals surface area contributed by atoms with Gasteiger partial charge in [-0.2, -0.15) is 13.2 Å². The van der Waals surface area contributed by atoms with Gasteiger partial charge in [0.25, 0.3) is 0 Å². The van der Waals surface area contributed by atoms with Gasteiger partial charge in [-0.1, -0.05) is 0 Å². The summed E-state index contributed by atoms with van der Waals surface area (Å²) in [5.74, 6) is -0.515. The second-order valence-corrected chi connectivity index (χ2v) is 5.19. The van der Waals surface area contributed by atoms with Crippen LogP contribution in [-0.2, 0) is 4.79 Å². The molecule has 1 fully saturated rings. The van der Waals surface area contributed by atoms with Crippen LogP contribution in [0.3, 0.4) is 0 Å². The van der Waals surface area contributed by atoms with E-state index in [1.165, 1.54) is 11.3 Å². The number of carbonyl (C=O) groups excluding carboxylic acids is 1. The Balaban J connectivity index is 2.19. The minimum absolute atomic E-state index is 0.0440. The summed E-state index contributed by atoms with van der Waals surface area (Å²) in [6.45, 7) is 0.622. The van der Waals surface area contributed by atoms with Gasteiger partial charge < -0.3 is 4.90 Å². The van der Waals surface area contributed by atoms with Gasteiger partial charge in [-0.3, -0.25) is 10.1 Å². The lowest BCUT2D eigenvalue weighted by Crippen LogP contribution is -2.38. The van der Waals surface area contributed by atoms with E-state index in [0.29, 0.717) is 0 Å². The fourth-order valence-corrected chi connectivity index (χ4v) is 2.73. The van der Waals surface area contributed by atoms with Crippen LogP contribution in [0.1, 0.15) is 15.9 Å². The zero-order valence-corrected chi connectivity index (χ0v) is 9.86. The molecule has 1 aliphatic rings.